The number of nitrogens with zero attached hydrogens (tertiary/aromatic N) is 3. The third kappa shape index (κ3) is 4.54. The van der Waals surface area contributed by atoms with Crippen molar-refractivity contribution in [3.05, 3.63) is 29.3 Å². The van der Waals surface area contributed by atoms with Gasteiger partial charge in [0.25, 0.3) is 5.91 Å². The second-order valence-corrected chi connectivity index (χ2v) is 9.73. The molecular formula is C20H28N4O3S. The van der Waals surface area contributed by atoms with Crippen LogP contribution >= 0.6 is 0 Å². The summed E-state index contributed by atoms with van der Waals surface area (Å²) in [6.07, 6.45) is 1.72. The summed E-state index contributed by atoms with van der Waals surface area (Å²) in [5.74, 6) is 0.0778. The van der Waals surface area contributed by atoms with E-state index in [0.717, 1.165) is 18.4 Å². The van der Waals surface area contributed by atoms with Gasteiger partial charge in [-0.05, 0) is 43.4 Å². The van der Waals surface area contributed by atoms with Gasteiger partial charge in [0.1, 0.15) is 6.04 Å². The van der Waals surface area contributed by atoms with E-state index in [1.807, 2.05) is 20.8 Å². The Morgan fingerprint density at radius 1 is 1.21 bits per heavy atom. The van der Waals surface area contributed by atoms with Crippen LogP contribution in [0.25, 0.3) is 0 Å². The minimum atomic E-state index is -3.60. The molecule has 8 heteroatoms. The summed E-state index contributed by atoms with van der Waals surface area (Å²) in [5, 5.41) is 9.38. The maximum Gasteiger partial charge on any atom is 0.254 e. The van der Waals surface area contributed by atoms with E-state index in [9.17, 15) is 18.5 Å². The second-order valence-electron chi connectivity index (χ2n) is 8.02. The van der Waals surface area contributed by atoms with Gasteiger partial charge in [-0.2, -0.15) is 5.26 Å². The normalized spacial score (nSPS) is 19.5. The standard InChI is InChI=1S/C20H28N4O3S/c1-14(2)19(13-21)23-8-10-24(11-9-23)20(25)18-12-17(7-4-15(18)3)28(26,27)22-16-5-6-16/h4,7,12,14,16,19,22H,5-6,8-11H2,1-3H3. The second kappa shape index (κ2) is 8.19. The number of rotatable bonds is 6. The van der Waals surface area contributed by atoms with Crippen LogP contribution in [0.15, 0.2) is 23.1 Å². The zero-order chi connectivity index (χ0) is 20.5. The molecule has 2 aliphatic rings. The van der Waals surface area contributed by atoms with Gasteiger partial charge in [0.05, 0.1) is 11.0 Å². The Bertz CT molecular complexity index is 879. The van der Waals surface area contributed by atoms with Gasteiger partial charge in [-0.25, -0.2) is 13.1 Å². The first-order valence-electron chi connectivity index (χ1n) is 9.79. The number of nitrogens with one attached hydrogen (secondary N) is 1. The van der Waals surface area contributed by atoms with Crippen molar-refractivity contribution in [3.8, 4) is 6.07 Å². The van der Waals surface area contributed by atoms with E-state index < -0.39 is 10.0 Å². The number of carbonyl (C=O) groups excluding carboxylic acids is 1. The van der Waals surface area contributed by atoms with Crippen LogP contribution in [0.4, 0.5) is 0 Å². The van der Waals surface area contributed by atoms with Gasteiger partial charge in [-0.1, -0.05) is 19.9 Å². The van der Waals surface area contributed by atoms with E-state index in [1.165, 1.54) is 6.07 Å². The van der Waals surface area contributed by atoms with Gasteiger partial charge in [-0.3, -0.25) is 9.69 Å². The predicted octanol–water partition coefficient (Wildman–Crippen LogP) is 1.74. The maximum atomic E-state index is 13.0. The summed E-state index contributed by atoms with van der Waals surface area (Å²) < 4.78 is 27.6. The summed E-state index contributed by atoms with van der Waals surface area (Å²) in [6, 6.07) is 6.95. The highest BCUT2D eigenvalue weighted by atomic mass is 32.2. The van der Waals surface area contributed by atoms with Gasteiger partial charge in [0.15, 0.2) is 0 Å². The van der Waals surface area contributed by atoms with Crippen molar-refractivity contribution in [1.82, 2.24) is 14.5 Å². The van der Waals surface area contributed by atoms with Crippen LogP contribution in [0.5, 0.6) is 0 Å². The van der Waals surface area contributed by atoms with E-state index in [-0.39, 0.29) is 28.8 Å². The SMILES string of the molecule is Cc1ccc(S(=O)(=O)NC2CC2)cc1C(=O)N1CCN(C(C#N)C(C)C)CC1. The Balaban J connectivity index is 1.73. The average Bonchev–Trinajstić information content (AvgIpc) is 3.45. The molecule has 0 bridgehead atoms. The number of piperazine rings is 1. The van der Waals surface area contributed by atoms with Gasteiger partial charge in [0, 0.05) is 37.8 Å². The van der Waals surface area contributed by atoms with Crippen LogP contribution in [0.1, 0.15) is 42.6 Å². The van der Waals surface area contributed by atoms with Crippen molar-refractivity contribution >= 4 is 15.9 Å². The van der Waals surface area contributed by atoms with Crippen molar-refractivity contribution in [3.63, 3.8) is 0 Å². The first-order valence-corrected chi connectivity index (χ1v) is 11.3. The first kappa shape index (κ1) is 20.8. The average molecular weight is 405 g/mol. The summed E-state index contributed by atoms with van der Waals surface area (Å²) in [6.45, 7) is 8.21. The molecule has 0 radical (unpaired) electrons. The molecule has 1 atom stereocenters. The van der Waals surface area contributed by atoms with E-state index >= 15 is 0 Å². The van der Waals surface area contributed by atoms with E-state index in [2.05, 4.69) is 15.7 Å². The molecule has 1 amide bonds. The van der Waals surface area contributed by atoms with Crippen LogP contribution in [0, 0.1) is 24.2 Å². The molecule has 1 aliphatic heterocycles. The van der Waals surface area contributed by atoms with E-state index in [4.69, 9.17) is 0 Å². The Kier molecular flexibility index (Phi) is 6.08. The maximum absolute atomic E-state index is 13.0. The first-order chi connectivity index (χ1) is 13.2. The zero-order valence-electron chi connectivity index (χ0n) is 16.7. The summed E-state index contributed by atoms with van der Waals surface area (Å²) in [4.78, 5) is 17.0. The molecule has 28 heavy (non-hydrogen) atoms. The number of benzene rings is 1. The number of sulfonamides is 1. The smallest absolute Gasteiger partial charge is 0.254 e. The van der Waals surface area contributed by atoms with Crippen molar-refractivity contribution in [2.75, 3.05) is 26.2 Å². The molecule has 1 N–H and O–H groups in total. The highest BCUT2D eigenvalue weighted by Crippen LogP contribution is 2.24. The lowest BCUT2D eigenvalue weighted by Crippen LogP contribution is -2.52. The molecule has 1 aliphatic carbocycles. The zero-order valence-corrected chi connectivity index (χ0v) is 17.5. The fourth-order valence-electron chi connectivity index (χ4n) is 3.51. The lowest BCUT2D eigenvalue weighted by Gasteiger charge is -2.38. The van der Waals surface area contributed by atoms with Crippen molar-refractivity contribution in [2.45, 2.75) is 50.6 Å². The van der Waals surface area contributed by atoms with Crippen LogP contribution < -0.4 is 4.72 Å². The Labute approximate surface area is 167 Å². The van der Waals surface area contributed by atoms with Crippen LogP contribution in [-0.4, -0.2) is 62.4 Å². The Morgan fingerprint density at radius 3 is 2.39 bits per heavy atom. The molecule has 1 saturated carbocycles. The topological polar surface area (TPSA) is 93.5 Å². The van der Waals surface area contributed by atoms with Crippen LogP contribution in [-0.2, 0) is 10.0 Å². The minimum absolute atomic E-state index is 0.0209. The van der Waals surface area contributed by atoms with E-state index in [0.29, 0.717) is 31.7 Å². The fraction of sp³-hybridized carbons (Fsp3) is 0.600. The highest BCUT2D eigenvalue weighted by molar-refractivity contribution is 7.89. The molecule has 1 unspecified atom stereocenters. The lowest BCUT2D eigenvalue weighted by molar-refractivity contribution is 0.0576. The molecular weight excluding hydrogens is 376 g/mol. The van der Waals surface area contributed by atoms with Gasteiger partial charge in [0.2, 0.25) is 10.0 Å². The Morgan fingerprint density at radius 2 is 1.86 bits per heavy atom. The molecule has 1 heterocycles. The predicted molar refractivity (Wildman–Crippen MR) is 106 cm³/mol. The van der Waals surface area contributed by atoms with Crippen LogP contribution in [0.2, 0.25) is 0 Å². The summed E-state index contributed by atoms with van der Waals surface area (Å²) >= 11 is 0. The van der Waals surface area contributed by atoms with Gasteiger partial charge in [-0.15, -0.1) is 0 Å². The largest absolute Gasteiger partial charge is 0.336 e. The molecule has 3 rings (SSSR count). The number of aryl methyl sites for hydroxylation is 1. The van der Waals surface area contributed by atoms with Crippen LogP contribution in [0.3, 0.4) is 0 Å². The molecule has 0 spiro atoms. The summed E-state index contributed by atoms with van der Waals surface area (Å²) in [7, 11) is -3.60. The number of hydrogen-bond donors (Lipinski definition) is 1. The molecule has 2 fully saturated rings. The Hall–Kier alpha value is -1.95. The van der Waals surface area contributed by atoms with Gasteiger partial charge >= 0.3 is 0 Å². The molecule has 1 aromatic carbocycles. The highest BCUT2D eigenvalue weighted by Gasteiger charge is 2.31. The molecule has 7 nitrogen and oxygen atoms in total. The monoisotopic (exact) mass is 404 g/mol. The third-order valence-electron chi connectivity index (χ3n) is 5.41. The van der Waals surface area contributed by atoms with Gasteiger partial charge < -0.3 is 4.90 Å². The number of carbonyl (C=O) groups is 1. The quantitative estimate of drug-likeness (QED) is 0.779. The fourth-order valence-corrected chi connectivity index (χ4v) is 4.84. The number of nitriles is 1. The van der Waals surface area contributed by atoms with Crippen molar-refractivity contribution in [2.24, 2.45) is 5.92 Å². The molecule has 0 aromatic heterocycles. The van der Waals surface area contributed by atoms with Crippen molar-refractivity contribution in [1.29, 1.82) is 5.26 Å². The third-order valence-corrected chi connectivity index (χ3v) is 6.93. The lowest BCUT2D eigenvalue weighted by atomic mass is 10.0. The molecule has 1 saturated heterocycles. The molecule has 152 valence electrons. The molecule has 1 aromatic rings. The van der Waals surface area contributed by atoms with E-state index in [1.54, 1.807) is 17.0 Å². The minimum Gasteiger partial charge on any atom is -0.336 e. The summed E-state index contributed by atoms with van der Waals surface area (Å²) in [5.41, 5.74) is 1.18. The number of hydrogen-bond acceptors (Lipinski definition) is 5. The van der Waals surface area contributed by atoms with Crippen molar-refractivity contribution < 1.29 is 13.2 Å². The number of amides is 1.